The second kappa shape index (κ2) is 4.78. The van der Waals surface area contributed by atoms with Crippen molar-refractivity contribution in [3.05, 3.63) is 29.8 Å². The zero-order chi connectivity index (χ0) is 14.2. The first kappa shape index (κ1) is 12.2. The van der Waals surface area contributed by atoms with Gasteiger partial charge in [0.1, 0.15) is 18.7 Å². The molecule has 0 saturated carbocycles. The lowest BCUT2D eigenvalue weighted by Crippen LogP contribution is -2.15. The molecule has 2 N–H and O–H groups in total. The van der Waals surface area contributed by atoms with E-state index < -0.39 is 0 Å². The number of ether oxygens (including phenoxy) is 2. The Morgan fingerprint density at radius 2 is 2.00 bits per heavy atom. The third-order valence-corrected chi connectivity index (χ3v) is 3.23. The van der Waals surface area contributed by atoms with Gasteiger partial charge in [0.2, 0.25) is 5.28 Å². The summed E-state index contributed by atoms with van der Waals surface area (Å²) in [6.07, 6.45) is 1.55. The number of halogens is 1. The molecule has 0 spiro atoms. The molecular weight excluding hydrogens is 294 g/mol. The van der Waals surface area contributed by atoms with Crippen molar-refractivity contribution in [1.29, 1.82) is 0 Å². The van der Waals surface area contributed by atoms with E-state index in [0.29, 0.717) is 35.9 Å². The van der Waals surface area contributed by atoms with Gasteiger partial charge in [0, 0.05) is 11.8 Å². The second-order valence-electron chi connectivity index (χ2n) is 4.43. The Kier molecular flexibility index (Phi) is 2.78. The maximum absolute atomic E-state index is 5.90. The molecule has 0 bridgehead atoms. The van der Waals surface area contributed by atoms with Gasteiger partial charge in [-0.05, 0) is 23.7 Å². The fourth-order valence-electron chi connectivity index (χ4n) is 2.15. The van der Waals surface area contributed by atoms with E-state index in [2.05, 4.69) is 25.3 Å². The van der Waals surface area contributed by atoms with Gasteiger partial charge in [0.15, 0.2) is 23.0 Å². The van der Waals surface area contributed by atoms with Crippen molar-refractivity contribution < 1.29 is 9.47 Å². The highest BCUT2D eigenvalue weighted by molar-refractivity contribution is 6.28. The molecule has 0 unspecified atom stereocenters. The number of H-pyrrole nitrogens is 1. The van der Waals surface area contributed by atoms with Crippen LogP contribution in [-0.2, 0) is 0 Å². The molecule has 0 fully saturated rings. The minimum Gasteiger partial charge on any atom is -0.486 e. The maximum Gasteiger partial charge on any atom is 0.226 e. The Labute approximate surface area is 124 Å². The predicted octanol–water partition coefficient (Wildman–Crippen LogP) is 2.52. The number of benzene rings is 1. The van der Waals surface area contributed by atoms with E-state index in [0.717, 1.165) is 11.4 Å². The van der Waals surface area contributed by atoms with Crippen LogP contribution >= 0.6 is 11.6 Å². The van der Waals surface area contributed by atoms with Crippen LogP contribution in [0.5, 0.6) is 11.5 Å². The molecule has 106 valence electrons. The number of aromatic amines is 1. The van der Waals surface area contributed by atoms with Crippen LogP contribution in [0.4, 0.5) is 11.5 Å². The van der Waals surface area contributed by atoms with Crippen molar-refractivity contribution in [2.24, 2.45) is 0 Å². The molecule has 2 aromatic heterocycles. The Bertz CT molecular complexity index is 819. The number of hydrogen-bond acceptors (Lipinski definition) is 6. The van der Waals surface area contributed by atoms with E-state index in [1.165, 1.54) is 0 Å². The molecule has 0 atom stereocenters. The van der Waals surface area contributed by atoms with Crippen molar-refractivity contribution in [2.75, 3.05) is 18.5 Å². The van der Waals surface area contributed by atoms with Gasteiger partial charge in [-0.15, -0.1) is 0 Å². The Hall–Kier alpha value is -2.54. The molecule has 1 aliphatic heterocycles. The van der Waals surface area contributed by atoms with E-state index in [9.17, 15) is 0 Å². The fraction of sp³-hybridized carbons (Fsp3) is 0.154. The molecule has 1 aliphatic rings. The van der Waals surface area contributed by atoms with Crippen LogP contribution in [0.15, 0.2) is 24.5 Å². The Balaban J connectivity index is 1.72. The van der Waals surface area contributed by atoms with Crippen LogP contribution < -0.4 is 14.8 Å². The Morgan fingerprint density at radius 3 is 2.90 bits per heavy atom. The number of nitrogens with one attached hydrogen (secondary N) is 2. The fourth-order valence-corrected chi connectivity index (χ4v) is 2.32. The van der Waals surface area contributed by atoms with Gasteiger partial charge in [-0.3, -0.25) is 0 Å². The highest BCUT2D eigenvalue weighted by Crippen LogP contribution is 2.34. The summed E-state index contributed by atoms with van der Waals surface area (Å²) in [6.45, 7) is 1.11. The maximum atomic E-state index is 5.90. The normalized spacial score (nSPS) is 13.4. The third-order valence-electron chi connectivity index (χ3n) is 3.06. The summed E-state index contributed by atoms with van der Waals surface area (Å²) < 4.78 is 11.0. The highest BCUT2D eigenvalue weighted by Gasteiger charge is 2.13. The molecule has 0 saturated heterocycles. The average Bonchev–Trinajstić information content (AvgIpc) is 2.95. The van der Waals surface area contributed by atoms with Crippen molar-refractivity contribution in [2.45, 2.75) is 0 Å². The minimum absolute atomic E-state index is 0.134. The topological polar surface area (TPSA) is 85.0 Å². The number of fused-ring (bicyclic) bond motifs is 2. The van der Waals surface area contributed by atoms with E-state index in [-0.39, 0.29) is 5.28 Å². The monoisotopic (exact) mass is 303 g/mol. The quantitative estimate of drug-likeness (QED) is 0.708. The lowest BCUT2D eigenvalue weighted by molar-refractivity contribution is 0.171. The van der Waals surface area contributed by atoms with Crippen molar-refractivity contribution in [1.82, 2.24) is 19.9 Å². The molecule has 0 radical (unpaired) electrons. The Morgan fingerprint density at radius 1 is 1.14 bits per heavy atom. The lowest BCUT2D eigenvalue weighted by Gasteiger charge is -2.19. The van der Waals surface area contributed by atoms with Gasteiger partial charge in [-0.1, -0.05) is 0 Å². The summed E-state index contributed by atoms with van der Waals surface area (Å²) in [4.78, 5) is 15.3. The average molecular weight is 304 g/mol. The van der Waals surface area contributed by atoms with Crippen LogP contribution in [-0.4, -0.2) is 33.1 Å². The zero-order valence-electron chi connectivity index (χ0n) is 10.8. The van der Waals surface area contributed by atoms with Crippen LogP contribution in [0, 0.1) is 0 Å². The smallest absolute Gasteiger partial charge is 0.226 e. The van der Waals surface area contributed by atoms with Crippen molar-refractivity contribution >= 4 is 34.3 Å². The van der Waals surface area contributed by atoms with E-state index in [4.69, 9.17) is 21.1 Å². The van der Waals surface area contributed by atoms with Gasteiger partial charge in [-0.25, -0.2) is 4.98 Å². The highest BCUT2D eigenvalue weighted by atomic mass is 35.5. The first-order valence-electron chi connectivity index (χ1n) is 6.33. The van der Waals surface area contributed by atoms with Crippen LogP contribution in [0.2, 0.25) is 5.28 Å². The molecular formula is C13H10ClN5O2. The number of aromatic nitrogens is 4. The van der Waals surface area contributed by atoms with Crippen LogP contribution in [0.3, 0.4) is 0 Å². The SMILES string of the molecule is Clc1nc(Nc2ccc3c(c2)OCCO3)c2[nH]cnc2n1. The molecule has 3 aromatic rings. The van der Waals surface area contributed by atoms with Gasteiger partial charge in [0.05, 0.1) is 6.33 Å². The van der Waals surface area contributed by atoms with Gasteiger partial charge < -0.3 is 19.8 Å². The molecule has 3 heterocycles. The van der Waals surface area contributed by atoms with E-state index >= 15 is 0 Å². The molecule has 1 aromatic carbocycles. The van der Waals surface area contributed by atoms with Crippen LogP contribution in [0.25, 0.3) is 11.2 Å². The molecule has 7 nitrogen and oxygen atoms in total. The number of rotatable bonds is 2. The van der Waals surface area contributed by atoms with E-state index in [1.54, 1.807) is 6.33 Å². The predicted molar refractivity (Wildman–Crippen MR) is 77.4 cm³/mol. The molecule has 8 heteroatoms. The van der Waals surface area contributed by atoms with Gasteiger partial charge >= 0.3 is 0 Å². The summed E-state index contributed by atoms with van der Waals surface area (Å²) in [6, 6.07) is 5.59. The van der Waals surface area contributed by atoms with Gasteiger partial charge in [0.25, 0.3) is 0 Å². The van der Waals surface area contributed by atoms with Crippen molar-refractivity contribution in [3.8, 4) is 11.5 Å². The third kappa shape index (κ3) is 2.21. The number of hydrogen-bond donors (Lipinski definition) is 2. The van der Waals surface area contributed by atoms with E-state index in [1.807, 2.05) is 18.2 Å². The zero-order valence-corrected chi connectivity index (χ0v) is 11.5. The molecule has 21 heavy (non-hydrogen) atoms. The first-order chi connectivity index (χ1) is 10.3. The van der Waals surface area contributed by atoms with Crippen LogP contribution in [0.1, 0.15) is 0 Å². The first-order valence-corrected chi connectivity index (χ1v) is 6.71. The summed E-state index contributed by atoms with van der Waals surface area (Å²) in [5, 5.41) is 3.32. The lowest BCUT2D eigenvalue weighted by atomic mass is 10.2. The molecule has 4 rings (SSSR count). The van der Waals surface area contributed by atoms with Gasteiger partial charge in [-0.2, -0.15) is 9.97 Å². The largest absolute Gasteiger partial charge is 0.486 e. The minimum atomic E-state index is 0.134. The summed E-state index contributed by atoms with van der Waals surface area (Å²) in [5.41, 5.74) is 2.01. The standard InChI is InChI=1S/C13H10ClN5O2/c14-13-18-11-10(15-6-16-11)12(19-13)17-7-1-2-8-9(5-7)21-4-3-20-8/h1-2,5-6H,3-4H2,(H2,15,16,17,18,19). The number of anilines is 2. The molecule has 0 amide bonds. The summed E-state index contributed by atoms with van der Waals surface area (Å²) >= 11 is 5.90. The van der Waals surface area contributed by atoms with Crippen molar-refractivity contribution in [3.63, 3.8) is 0 Å². The molecule has 0 aliphatic carbocycles. The summed E-state index contributed by atoms with van der Waals surface area (Å²) in [7, 11) is 0. The summed E-state index contributed by atoms with van der Waals surface area (Å²) in [5.74, 6) is 1.99. The second-order valence-corrected chi connectivity index (χ2v) is 4.76. The number of imidazole rings is 1. The number of nitrogens with zero attached hydrogens (tertiary/aromatic N) is 3.